The van der Waals surface area contributed by atoms with Gasteiger partial charge in [0.25, 0.3) is 0 Å². The van der Waals surface area contributed by atoms with Gasteiger partial charge in [-0.3, -0.25) is 0 Å². The molecule has 4 aliphatic heterocycles. The number of hydrogen-bond acceptors (Lipinski definition) is 5. The van der Waals surface area contributed by atoms with Crippen LogP contribution in [0.2, 0.25) is 0 Å². The summed E-state index contributed by atoms with van der Waals surface area (Å²) in [5.41, 5.74) is 1.49. The number of nitrogens with one attached hydrogen (secondary N) is 1. The van der Waals surface area contributed by atoms with Gasteiger partial charge < -0.3 is 20.0 Å². The highest BCUT2D eigenvalue weighted by Gasteiger charge is 2.39. The van der Waals surface area contributed by atoms with Crippen molar-refractivity contribution in [3.63, 3.8) is 0 Å². The molecule has 1 aromatic rings. The SMILES string of the molecule is CC1(C)CCN(C(=O)N2CCc3nc(N4C5CCC4CNC5)sc3C2)C1. The molecule has 2 bridgehead atoms. The van der Waals surface area contributed by atoms with Gasteiger partial charge in [0.15, 0.2) is 5.13 Å². The fourth-order valence-electron chi connectivity index (χ4n) is 5.02. The van der Waals surface area contributed by atoms with E-state index in [4.69, 9.17) is 4.98 Å². The zero-order valence-electron chi connectivity index (χ0n) is 15.8. The molecule has 1 N–H and O–H groups in total. The van der Waals surface area contributed by atoms with Crippen LogP contribution in [0.5, 0.6) is 0 Å². The third kappa shape index (κ3) is 2.80. The molecule has 0 aromatic carbocycles. The van der Waals surface area contributed by atoms with Crippen LogP contribution in [0.1, 0.15) is 43.7 Å². The van der Waals surface area contributed by atoms with Crippen molar-refractivity contribution in [1.29, 1.82) is 0 Å². The quantitative estimate of drug-likeness (QED) is 0.818. The third-order valence-electron chi connectivity index (χ3n) is 6.54. The first-order chi connectivity index (χ1) is 12.5. The Kier molecular flexibility index (Phi) is 3.94. The molecule has 3 fully saturated rings. The minimum Gasteiger partial charge on any atom is -0.340 e. The summed E-state index contributed by atoms with van der Waals surface area (Å²) in [5.74, 6) is 0. The van der Waals surface area contributed by atoms with Gasteiger partial charge in [0.2, 0.25) is 0 Å². The van der Waals surface area contributed by atoms with E-state index in [9.17, 15) is 4.79 Å². The molecule has 26 heavy (non-hydrogen) atoms. The van der Waals surface area contributed by atoms with E-state index in [1.807, 2.05) is 21.1 Å². The van der Waals surface area contributed by atoms with Crippen molar-refractivity contribution in [2.75, 3.05) is 37.6 Å². The van der Waals surface area contributed by atoms with E-state index in [-0.39, 0.29) is 11.4 Å². The molecule has 1 aromatic heterocycles. The van der Waals surface area contributed by atoms with E-state index in [0.717, 1.165) is 52.1 Å². The van der Waals surface area contributed by atoms with Crippen molar-refractivity contribution in [2.24, 2.45) is 5.41 Å². The summed E-state index contributed by atoms with van der Waals surface area (Å²) in [6, 6.07) is 1.43. The molecule has 2 amide bonds. The monoisotopic (exact) mass is 375 g/mol. The van der Waals surface area contributed by atoms with Crippen molar-refractivity contribution < 1.29 is 4.79 Å². The van der Waals surface area contributed by atoms with Crippen molar-refractivity contribution in [3.8, 4) is 0 Å². The Labute approximate surface area is 159 Å². The number of hydrogen-bond donors (Lipinski definition) is 1. The molecule has 3 saturated heterocycles. The Balaban J connectivity index is 1.31. The number of rotatable bonds is 1. The van der Waals surface area contributed by atoms with Crippen LogP contribution in [-0.4, -0.2) is 65.6 Å². The fourth-order valence-corrected chi connectivity index (χ4v) is 6.29. The summed E-state index contributed by atoms with van der Waals surface area (Å²) in [6.45, 7) is 9.99. The molecule has 2 unspecified atom stereocenters. The number of carbonyl (C=O) groups excluding carboxylic acids is 1. The van der Waals surface area contributed by atoms with Gasteiger partial charge in [-0.25, -0.2) is 9.78 Å². The summed E-state index contributed by atoms with van der Waals surface area (Å²) < 4.78 is 0. The van der Waals surface area contributed by atoms with E-state index in [0.29, 0.717) is 12.1 Å². The fraction of sp³-hybridized carbons (Fsp3) is 0.789. The maximum atomic E-state index is 12.9. The van der Waals surface area contributed by atoms with Gasteiger partial charge in [-0.2, -0.15) is 0 Å². The lowest BCUT2D eigenvalue weighted by Gasteiger charge is -2.35. The Bertz CT molecular complexity index is 701. The number of urea groups is 1. The van der Waals surface area contributed by atoms with Gasteiger partial charge in [0, 0.05) is 56.1 Å². The maximum Gasteiger partial charge on any atom is 0.320 e. The Morgan fingerprint density at radius 2 is 1.96 bits per heavy atom. The number of nitrogens with zero attached hydrogens (tertiary/aromatic N) is 4. The number of piperazine rings is 1. The molecular weight excluding hydrogens is 346 g/mol. The zero-order valence-corrected chi connectivity index (χ0v) is 16.6. The number of aromatic nitrogens is 1. The lowest BCUT2D eigenvalue weighted by Crippen LogP contribution is -2.51. The van der Waals surface area contributed by atoms with Crippen LogP contribution in [0.4, 0.5) is 9.93 Å². The summed E-state index contributed by atoms with van der Waals surface area (Å²) >= 11 is 1.83. The second kappa shape index (κ2) is 6.09. The standard InChI is InChI=1S/C19H29N5OS/c1-19(2)6-8-23(12-19)18(25)22-7-5-15-16(11-22)26-17(21-15)24-13-3-4-14(24)10-20-9-13/h13-14,20H,3-12H2,1-2H3. The molecule has 6 nitrogen and oxygen atoms in total. The minimum atomic E-state index is 0.221. The first-order valence-electron chi connectivity index (χ1n) is 10.0. The third-order valence-corrected chi connectivity index (χ3v) is 7.63. The predicted octanol–water partition coefficient (Wildman–Crippen LogP) is 2.29. The number of amides is 2. The molecule has 2 atom stereocenters. The van der Waals surface area contributed by atoms with E-state index in [1.54, 1.807) is 0 Å². The minimum absolute atomic E-state index is 0.221. The van der Waals surface area contributed by atoms with E-state index in [1.165, 1.54) is 28.5 Å². The number of carbonyl (C=O) groups is 1. The topological polar surface area (TPSA) is 51.7 Å². The van der Waals surface area contributed by atoms with Crippen LogP contribution >= 0.6 is 11.3 Å². The summed E-state index contributed by atoms with van der Waals surface area (Å²) in [7, 11) is 0. The highest BCUT2D eigenvalue weighted by molar-refractivity contribution is 7.15. The second-order valence-electron chi connectivity index (χ2n) is 9.11. The van der Waals surface area contributed by atoms with E-state index in [2.05, 4.69) is 24.1 Å². The van der Waals surface area contributed by atoms with Gasteiger partial charge in [0.1, 0.15) is 0 Å². The zero-order chi connectivity index (χ0) is 17.9. The van der Waals surface area contributed by atoms with Crippen LogP contribution in [0.15, 0.2) is 0 Å². The lowest BCUT2D eigenvalue weighted by molar-refractivity contribution is 0.153. The van der Waals surface area contributed by atoms with Crippen LogP contribution < -0.4 is 10.2 Å². The number of likely N-dealkylation sites (tertiary alicyclic amines) is 1. The van der Waals surface area contributed by atoms with Crippen molar-refractivity contribution >= 4 is 22.5 Å². The van der Waals surface area contributed by atoms with Crippen molar-refractivity contribution in [1.82, 2.24) is 20.1 Å². The average molecular weight is 376 g/mol. The molecule has 4 aliphatic rings. The highest BCUT2D eigenvalue weighted by atomic mass is 32.1. The maximum absolute atomic E-state index is 12.9. The Hall–Kier alpha value is -1.34. The predicted molar refractivity (Wildman–Crippen MR) is 104 cm³/mol. The molecule has 5 heterocycles. The van der Waals surface area contributed by atoms with E-state index >= 15 is 0 Å². The number of fused-ring (bicyclic) bond motifs is 3. The Morgan fingerprint density at radius 1 is 1.19 bits per heavy atom. The van der Waals surface area contributed by atoms with Gasteiger partial charge in [-0.1, -0.05) is 25.2 Å². The van der Waals surface area contributed by atoms with Gasteiger partial charge in [-0.15, -0.1) is 0 Å². The van der Waals surface area contributed by atoms with Gasteiger partial charge >= 0.3 is 6.03 Å². The lowest BCUT2D eigenvalue weighted by atomic mass is 9.93. The smallest absolute Gasteiger partial charge is 0.320 e. The first kappa shape index (κ1) is 16.8. The van der Waals surface area contributed by atoms with Gasteiger partial charge in [0.05, 0.1) is 12.2 Å². The number of anilines is 1. The normalized spacial score (nSPS) is 30.0. The van der Waals surface area contributed by atoms with Gasteiger partial charge in [-0.05, 0) is 24.7 Å². The molecule has 0 radical (unpaired) electrons. The van der Waals surface area contributed by atoms with Crippen molar-refractivity contribution in [2.45, 2.75) is 58.2 Å². The Morgan fingerprint density at radius 3 is 2.65 bits per heavy atom. The van der Waals surface area contributed by atoms with E-state index < -0.39 is 0 Å². The van der Waals surface area contributed by atoms with Crippen LogP contribution in [-0.2, 0) is 13.0 Å². The van der Waals surface area contributed by atoms with Crippen molar-refractivity contribution in [3.05, 3.63) is 10.6 Å². The average Bonchev–Trinajstić information content (AvgIpc) is 3.26. The molecule has 0 saturated carbocycles. The molecule has 5 rings (SSSR count). The summed E-state index contributed by atoms with van der Waals surface area (Å²) in [6.07, 6.45) is 4.55. The second-order valence-corrected chi connectivity index (χ2v) is 10.2. The molecule has 0 aliphatic carbocycles. The first-order valence-corrected chi connectivity index (χ1v) is 10.8. The van der Waals surface area contributed by atoms with Crippen LogP contribution in [0.3, 0.4) is 0 Å². The molecular formula is C19H29N5OS. The summed E-state index contributed by atoms with van der Waals surface area (Å²) in [4.78, 5) is 25.9. The molecule has 7 heteroatoms. The molecule has 0 spiro atoms. The summed E-state index contributed by atoms with van der Waals surface area (Å²) in [5, 5.41) is 4.74. The highest BCUT2D eigenvalue weighted by Crippen LogP contribution is 2.38. The van der Waals surface area contributed by atoms with Crippen LogP contribution in [0.25, 0.3) is 0 Å². The largest absolute Gasteiger partial charge is 0.340 e. The van der Waals surface area contributed by atoms with Crippen LogP contribution in [0, 0.1) is 5.41 Å². The number of thiazole rings is 1. The molecule has 142 valence electrons.